The van der Waals surface area contributed by atoms with E-state index in [0.29, 0.717) is 42.4 Å². The van der Waals surface area contributed by atoms with Crippen LogP contribution in [0.2, 0.25) is 5.02 Å². The van der Waals surface area contributed by atoms with E-state index >= 15 is 0 Å². The number of rotatable bonds is 7. The summed E-state index contributed by atoms with van der Waals surface area (Å²) in [6.07, 6.45) is 0.470. The molecular formula is C26H29ClN2O4S. The number of aliphatic hydroxyl groups is 1. The predicted molar refractivity (Wildman–Crippen MR) is 135 cm³/mol. The number of nitrogens with one attached hydrogen (secondary N) is 1. The summed E-state index contributed by atoms with van der Waals surface area (Å²) in [7, 11) is -2.14. The van der Waals surface area contributed by atoms with Crippen LogP contribution in [-0.2, 0) is 16.4 Å². The summed E-state index contributed by atoms with van der Waals surface area (Å²) >= 11 is 6.06. The molecule has 2 atom stereocenters. The maximum atomic E-state index is 13.6. The number of anilines is 1. The average molecular weight is 501 g/mol. The van der Waals surface area contributed by atoms with Crippen molar-refractivity contribution >= 4 is 27.3 Å². The highest BCUT2D eigenvalue weighted by Gasteiger charge is 2.31. The molecule has 8 heteroatoms. The van der Waals surface area contributed by atoms with Crippen molar-refractivity contribution in [2.45, 2.75) is 36.8 Å². The number of hydrogen-bond acceptors (Lipinski definition) is 5. The number of ether oxygens (including phenoxy) is 1. The zero-order valence-corrected chi connectivity index (χ0v) is 20.8. The fourth-order valence-electron chi connectivity index (χ4n) is 4.23. The molecule has 0 saturated heterocycles. The topological polar surface area (TPSA) is 78.9 Å². The largest absolute Gasteiger partial charge is 0.497 e. The SMILES string of the molecule is COc1ccc2c(c1)CC(NC[C@H](O)c1cccc(Cl)c1)CCN2S(=O)(=O)c1ccc(C)cc1. The molecule has 4 rings (SSSR count). The molecule has 3 aromatic rings. The number of sulfonamides is 1. The lowest BCUT2D eigenvalue weighted by atomic mass is 10.0. The zero-order chi connectivity index (χ0) is 24.3. The first-order valence-electron chi connectivity index (χ1n) is 11.2. The van der Waals surface area contributed by atoms with Crippen molar-refractivity contribution in [2.75, 3.05) is 24.5 Å². The van der Waals surface area contributed by atoms with Crippen molar-refractivity contribution in [1.82, 2.24) is 5.32 Å². The van der Waals surface area contributed by atoms with Gasteiger partial charge in [-0.15, -0.1) is 0 Å². The first kappa shape index (κ1) is 24.5. The minimum atomic E-state index is -3.74. The Morgan fingerprint density at radius 3 is 2.62 bits per heavy atom. The quantitative estimate of drug-likeness (QED) is 0.499. The highest BCUT2D eigenvalue weighted by Crippen LogP contribution is 2.34. The number of nitrogens with zero attached hydrogens (tertiary/aromatic N) is 1. The Balaban J connectivity index is 1.59. The van der Waals surface area contributed by atoms with E-state index in [1.54, 1.807) is 49.6 Å². The van der Waals surface area contributed by atoms with Crippen molar-refractivity contribution in [3.8, 4) is 5.75 Å². The smallest absolute Gasteiger partial charge is 0.264 e. The molecule has 0 fully saturated rings. The zero-order valence-electron chi connectivity index (χ0n) is 19.2. The molecule has 0 radical (unpaired) electrons. The van der Waals surface area contributed by atoms with Crippen LogP contribution in [0.25, 0.3) is 0 Å². The number of aryl methyl sites for hydroxylation is 1. The predicted octanol–water partition coefficient (Wildman–Crippen LogP) is 4.49. The van der Waals surface area contributed by atoms with Crippen LogP contribution in [0.4, 0.5) is 5.69 Å². The number of halogens is 1. The monoisotopic (exact) mass is 500 g/mol. The molecule has 180 valence electrons. The van der Waals surface area contributed by atoms with Crippen molar-refractivity contribution in [1.29, 1.82) is 0 Å². The van der Waals surface area contributed by atoms with Crippen LogP contribution in [0, 0.1) is 6.92 Å². The summed E-state index contributed by atoms with van der Waals surface area (Å²) in [4.78, 5) is 0.266. The normalized spacial score (nSPS) is 17.1. The van der Waals surface area contributed by atoms with E-state index in [-0.39, 0.29) is 10.9 Å². The van der Waals surface area contributed by atoms with Gasteiger partial charge in [-0.05, 0) is 73.4 Å². The van der Waals surface area contributed by atoms with Gasteiger partial charge in [-0.2, -0.15) is 0 Å². The molecule has 0 bridgehead atoms. The molecule has 6 nitrogen and oxygen atoms in total. The van der Waals surface area contributed by atoms with E-state index in [2.05, 4.69) is 5.32 Å². The highest BCUT2D eigenvalue weighted by molar-refractivity contribution is 7.92. The van der Waals surface area contributed by atoms with Gasteiger partial charge in [0.1, 0.15) is 5.75 Å². The van der Waals surface area contributed by atoms with Crippen LogP contribution in [0.1, 0.15) is 29.2 Å². The molecule has 1 aliphatic rings. The molecule has 3 aromatic carbocycles. The van der Waals surface area contributed by atoms with Gasteiger partial charge in [0.15, 0.2) is 0 Å². The summed E-state index contributed by atoms with van der Waals surface area (Å²) in [5.41, 5.74) is 3.27. The molecule has 1 unspecified atom stereocenters. The Morgan fingerprint density at radius 2 is 1.91 bits per heavy atom. The molecular weight excluding hydrogens is 472 g/mol. The second kappa shape index (κ2) is 10.4. The third-order valence-corrected chi connectivity index (χ3v) is 8.21. The molecule has 0 spiro atoms. The molecule has 0 saturated carbocycles. The van der Waals surface area contributed by atoms with E-state index in [0.717, 1.165) is 16.7 Å². The fourth-order valence-corrected chi connectivity index (χ4v) is 5.94. The number of fused-ring (bicyclic) bond motifs is 1. The van der Waals surface area contributed by atoms with Gasteiger partial charge in [-0.3, -0.25) is 4.31 Å². The Bertz CT molecular complexity index is 1250. The van der Waals surface area contributed by atoms with Gasteiger partial charge in [-0.25, -0.2) is 8.42 Å². The molecule has 0 amide bonds. The van der Waals surface area contributed by atoms with Crippen molar-refractivity contribution in [3.63, 3.8) is 0 Å². The van der Waals surface area contributed by atoms with E-state index in [1.807, 2.05) is 31.2 Å². The standard InChI is InChI=1S/C26H29ClN2O4S/c1-18-6-9-24(10-7-18)34(31,32)29-13-12-22(15-20-16-23(33-2)8-11-25(20)29)28-17-26(30)19-4-3-5-21(27)14-19/h3-11,14,16,22,26,28,30H,12-13,15,17H2,1-2H3/t22?,26-/m0/s1. The Kier molecular flexibility index (Phi) is 7.48. The van der Waals surface area contributed by atoms with Gasteiger partial charge in [0.05, 0.1) is 23.8 Å². The van der Waals surface area contributed by atoms with E-state index < -0.39 is 16.1 Å². The lowest BCUT2D eigenvalue weighted by molar-refractivity contribution is 0.169. The summed E-state index contributed by atoms with van der Waals surface area (Å²) in [5.74, 6) is 0.672. The van der Waals surface area contributed by atoms with Gasteiger partial charge in [0.25, 0.3) is 10.0 Å². The third-order valence-electron chi connectivity index (χ3n) is 6.14. The van der Waals surface area contributed by atoms with E-state index in [1.165, 1.54) is 4.31 Å². The van der Waals surface area contributed by atoms with E-state index in [9.17, 15) is 13.5 Å². The fraction of sp³-hybridized carbons (Fsp3) is 0.308. The van der Waals surface area contributed by atoms with Crippen LogP contribution in [-0.4, -0.2) is 39.8 Å². The van der Waals surface area contributed by atoms with Crippen molar-refractivity contribution < 1.29 is 18.3 Å². The average Bonchev–Trinajstić information content (AvgIpc) is 3.01. The number of aliphatic hydroxyl groups excluding tert-OH is 1. The summed E-state index contributed by atoms with van der Waals surface area (Å²) in [6.45, 7) is 2.58. The maximum absolute atomic E-state index is 13.6. The van der Waals surface area contributed by atoms with Crippen LogP contribution in [0.3, 0.4) is 0 Å². The van der Waals surface area contributed by atoms with Crippen LogP contribution < -0.4 is 14.4 Å². The number of benzene rings is 3. The Morgan fingerprint density at radius 1 is 1.15 bits per heavy atom. The first-order chi connectivity index (χ1) is 16.3. The molecule has 2 N–H and O–H groups in total. The molecule has 0 aliphatic carbocycles. The second-order valence-corrected chi connectivity index (χ2v) is 10.9. The Labute approximate surface area is 206 Å². The lowest BCUT2D eigenvalue weighted by Crippen LogP contribution is -2.37. The minimum Gasteiger partial charge on any atom is -0.497 e. The third kappa shape index (κ3) is 5.39. The Hall–Kier alpha value is -2.58. The van der Waals surface area contributed by atoms with Gasteiger partial charge in [0.2, 0.25) is 0 Å². The highest BCUT2D eigenvalue weighted by atomic mass is 35.5. The number of methoxy groups -OCH3 is 1. The van der Waals surface area contributed by atoms with Gasteiger partial charge in [-0.1, -0.05) is 41.4 Å². The van der Waals surface area contributed by atoms with Gasteiger partial charge >= 0.3 is 0 Å². The van der Waals surface area contributed by atoms with Crippen LogP contribution in [0.5, 0.6) is 5.75 Å². The van der Waals surface area contributed by atoms with Crippen molar-refractivity contribution in [2.24, 2.45) is 0 Å². The van der Waals surface area contributed by atoms with Crippen LogP contribution >= 0.6 is 11.6 Å². The van der Waals surface area contributed by atoms with E-state index in [4.69, 9.17) is 16.3 Å². The second-order valence-electron chi connectivity index (χ2n) is 8.55. The summed E-state index contributed by atoms with van der Waals surface area (Å²) in [5, 5.41) is 14.6. The van der Waals surface area contributed by atoms with Gasteiger partial charge in [0, 0.05) is 24.2 Å². The lowest BCUT2D eigenvalue weighted by Gasteiger charge is -2.25. The molecule has 1 aliphatic heterocycles. The molecule has 0 aromatic heterocycles. The minimum absolute atomic E-state index is 0.0297. The summed E-state index contributed by atoms with van der Waals surface area (Å²) in [6, 6.07) is 19.5. The molecule has 34 heavy (non-hydrogen) atoms. The van der Waals surface area contributed by atoms with Crippen molar-refractivity contribution in [3.05, 3.63) is 88.4 Å². The molecule has 1 heterocycles. The summed E-state index contributed by atoms with van der Waals surface area (Å²) < 4.78 is 34.0. The first-order valence-corrected chi connectivity index (χ1v) is 13.0. The van der Waals surface area contributed by atoms with Crippen LogP contribution in [0.15, 0.2) is 71.6 Å². The maximum Gasteiger partial charge on any atom is 0.264 e. The van der Waals surface area contributed by atoms with Gasteiger partial charge < -0.3 is 15.2 Å². The number of hydrogen-bond donors (Lipinski definition) is 2.